The minimum absolute atomic E-state index is 0.124. The van der Waals surface area contributed by atoms with Gasteiger partial charge in [0.1, 0.15) is 0 Å². The number of unbranched alkanes of at least 4 members (excludes halogenated alkanes) is 1. The Bertz CT molecular complexity index is 131. The van der Waals surface area contributed by atoms with Gasteiger partial charge >= 0.3 is 9.28 Å². The summed E-state index contributed by atoms with van der Waals surface area (Å²) in [6.45, 7) is 7.36. The molecule has 1 atom stereocenters. The van der Waals surface area contributed by atoms with Crippen LogP contribution in [0.3, 0.4) is 0 Å². The second kappa shape index (κ2) is 8.44. The molecule has 0 fully saturated rings. The van der Waals surface area contributed by atoms with Crippen molar-refractivity contribution in [1.82, 2.24) is 5.32 Å². The smallest absolute Gasteiger partial charge is 0.318 e. The molecule has 13 heavy (non-hydrogen) atoms. The minimum atomic E-state index is -2.37. The molecule has 0 aliphatic rings. The third-order valence-corrected chi connectivity index (χ3v) is 3.41. The second-order valence-corrected chi connectivity index (χ2v) is 5.34. The van der Waals surface area contributed by atoms with Crippen molar-refractivity contribution in [2.75, 3.05) is 13.1 Å². The highest BCUT2D eigenvalue weighted by atomic mass is 28.3. The van der Waals surface area contributed by atoms with E-state index in [0.717, 1.165) is 32.4 Å². The molecule has 1 unspecified atom stereocenters. The third kappa shape index (κ3) is 8.17. The van der Waals surface area contributed by atoms with Crippen LogP contribution in [-0.4, -0.2) is 32.0 Å². The predicted molar refractivity (Wildman–Crippen MR) is 57.9 cm³/mol. The van der Waals surface area contributed by atoms with Crippen LogP contribution in [-0.2, 0) is 0 Å². The van der Waals surface area contributed by atoms with Gasteiger partial charge < -0.3 is 14.9 Å². The fourth-order valence-corrected chi connectivity index (χ4v) is 1.60. The molecule has 0 aliphatic carbocycles. The topological polar surface area (TPSA) is 52.5 Å². The van der Waals surface area contributed by atoms with Gasteiger partial charge in [-0.1, -0.05) is 19.4 Å². The molecule has 3 N–H and O–H groups in total. The summed E-state index contributed by atoms with van der Waals surface area (Å²) in [4.78, 5) is 17.9. The summed E-state index contributed by atoms with van der Waals surface area (Å²) < 4.78 is 0. The van der Waals surface area contributed by atoms with Gasteiger partial charge in [-0.2, -0.15) is 0 Å². The van der Waals surface area contributed by atoms with Crippen LogP contribution in [0.1, 0.15) is 26.2 Å². The summed E-state index contributed by atoms with van der Waals surface area (Å²) in [5.41, 5.74) is 0.124. The van der Waals surface area contributed by atoms with Crippen molar-refractivity contribution in [2.24, 2.45) is 0 Å². The van der Waals surface area contributed by atoms with Crippen molar-refractivity contribution < 1.29 is 9.59 Å². The van der Waals surface area contributed by atoms with Crippen LogP contribution in [0.25, 0.3) is 0 Å². The van der Waals surface area contributed by atoms with Crippen LogP contribution in [0, 0.1) is 0 Å². The second-order valence-electron chi connectivity index (χ2n) is 3.38. The van der Waals surface area contributed by atoms with Crippen molar-refractivity contribution in [2.45, 2.75) is 31.7 Å². The van der Waals surface area contributed by atoms with E-state index < -0.39 is 9.28 Å². The Morgan fingerprint density at radius 3 is 2.69 bits per heavy atom. The van der Waals surface area contributed by atoms with Crippen LogP contribution in [0.4, 0.5) is 0 Å². The van der Waals surface area contributed by atoms with Gasteiger partial charge in [0.2, 0.25) is 0 Å². The lowest BCUT2D eigenvalue weighted by atomic mass is 10.2. The molecular weight excluding hydrogens is 182 g/mol. The molecule has 0 saturated carbocycles. The van der Waals surface area contributed by atoms with Crippen molar-refractivity contribution in [3.05, 3.63) is 12.7 Å². The van der Waals surface area contributed by atoms with Gasteiger partial charge in [0.25, 0.3) is 0 Å². The van der Waals surface area contributed by atoms with E-state index >= 15 is 0 Å². The zero-order chi connectivity index (χ0) is 10.1. The zero-order valence-electron chi connectivity index (χ0n) is 8.37. The van der Waals surface area contributed by atoms with E-state index in [-0.39, 0.29) is 5.54 Å². The molecule has 0 heterocycles. The highest BCUT2D eigenvalue weighted by Gasteiger charge is 2.12. The Labute approximate surface area is 82.3 Å². The SMILES string of the molecule is C=CCNCCCCC(C)[SiH](O)O. The molecule has 78 valence electrons. The molecule has 0 amide bonds. The summed E-state index contributed by atoms with van der Waals surface area (Å²) in [5.74, 6) is 0. The zero-order valence-corrected chi connectivity index (χ0v) is 9.52. The summed E-state index contributed by atoms with van der Waals surface area (Å²) in [5, 5.41) is 3.21. The van der Waals surface area contributed by atoms with Gasteiger partial charge in [-0.3, -0.25) is 0 Å². The molecule has 0 aliphatic heterocycles. The molecule has 3 nitrogen and oxygen atoms in total. The van der Waals surface area contributed by atoms with Crippen LogP contribution in [0.15, 0.2) is 12.7 Å². The summed E-state index contributed by atoms with van der Waals surface area (Å²) in [6.07, 6.45) is 4.93. The fourth-order valence-electron chi connectivity index (χ4n) is 1.07. The van der Waals surface area contributed by atoms with Crippen LogP contribution >= 0.6 is 0 Å². The van der Waals surface area contributed by atoms with Crippen LogP contribution in [0.5, 0.6) is 0 Å². The maximum absolute atomic E-state index is 8.93. The first-order valence-corrected chi connectivity index (χ1v) is 6.56. The minimum Gasteiger partial charge on any atom is -0.413 e. The third-order valence-electron chi connectivity index (χ3n) is 2.06. The molecular formula is C9H21NO2Si. The summed E-state index contributed by atoms with van der Waals surface area (Å²) in [6, 6.07) is 0. The number of nitrogens with one attached hydrogen (secondary N) is 1. The first-order valence-electron chi connectivity index (χ1n) is 4.86. The van der Waals surface area contributed by atoms with E-state index in [2.05, 4.69) is 11.9 Å². The van der Waals surface area contributed by atoms with Crippen LogP contribution < -0.4 is 5.32 Å². The van der Waals surface area contributed by atoms with E-state index in [1.54, 1.807) is 0 Å². The lowest BCUT2D eigenvalue weighted by molar-refractivity contribution is 0.381. The molecule has 0 spiro atoms. The molecule has 0 bridgehead atoms. The molecule has 0 aromatic heterocycles. The fraction of sp³-hybridized carbons (Fsp3) is 0.778. The van der Waals surface area contributed by atoms with E-state index in [1.165, 1.54) is 0 Å². The van der Waals surface area contributed by atoms with Crippen LogP contribution in [0.2, 0.25) is 5.54 Å². The number of hydrogen-bond donors (Lipinski definition) is 3. The van der Waals surface area contributed by atoms with Gasteiger partial charge in [-0.05, 0) is 24.9 Å². The maximum Gasteiger partial charge on any atom is 0.318 e. The Kier molecular flexibility index (Phi) is 8.33. The van der Waals surface area contributed by atoms with Crippen molar-refractivity contribution in [3.8, 4) is 0 Å². The van der Waals surface area contributed by atoms with Gasteiger partial charge in [-0.15, -0.1) is 6.58 Å². The Hall–Kier alpha value is -0.163. The highest BCUT2D eigenvalue weighted by molar-refractivity contribution is 6.42. The molecule has 0 rings (SSSR count). The Morgan fingerprint density at radius 2 is 2.15 bits per heavy atom. The van der Waals surface area contributed by atoms with E-state index in [1.807, 2.05) is 13.0 Å². The predicted octanol–water partition coefficient (Wildman–Crippen LogP) is 0.527. The average Bonchev–Trinajstić information content (AvgIpc) is 2.10. The van der Waals surface area contributed by atoms with Crippen molar-refractivity contribution >= 4 is 9.28 Å². The number of hydrogen-bond acceptors (Lipinski definition) is 3. The standard InChI is InChI=1S/C9H21NO2Si/c1-3-7-10-8-5-4-6-9(2)13(11)12/h3,9-13H,1,4-8H2,2H3. The maximum atomic E-state index is 8.93. The van der Waals surface area contributed by atoms with E-state index in [4.69, 9.17) is 9.59 Å². The monoisotopic (exact) mass is 203 g/mol. The first kappa shape index (κ1) is 12.8. The summed E-state index contributed by atoms with van der Waals surface area (Å²) >= 11 is 0. The number of rotatable bonds is 8. The van der Waals surface area contributed by atoms with E-state index in [9.17, 15) is 0 Å². The molecule has 0 saturated heterocycles. The van der Waals surface area contributed by atoms with Gasteiger partial charge in [0.15, 0.2) is 0 Å². The van der Waals surface area contributed by atoms with Gasteiger partial charge in [0, 0.05) is 6.54 Å². The van der Waals surface area contributed by atoms with Gasteiger partial charge in [-0.25, -0.2) is 0 Å². The lowest BCUT2D eigenvalue weighted by Gasteiger charge is -2.10. The molecule has 0 aromatic rings. The molecule has 4 heteroatoms. The quantitative estimate of drug-likeness (QED) is 0.306. The average molecular weight is 203 g/mol. The van der Waals surface area contributed by atoms with Crippen molar-refractivity contribution in [1.29, 1.82) is 0 Å². The van der Waals surface area contributed by atoms with Gasteiger partial charge in [0.05, 0.1) is 0 Å². The normalized spacial score (nSPS) is 13.2. The van der Waals surface area contributed by atoms with Crippen molar-refractivity contribution in [3.63, 3.8) is 0 Å². The first-order chi connectivity index (χ1) is 6.18. The Balaban J connectivity index is 3.11. The lowest BCUT2D eigenvalue weighted by Crippen LogP contribution is -2.18. The largest absolute Gasteiger partial charge is 0.413 e. The summed E-state index contributed by atoms with van der Waals surface area (Å²) in [7, 11) is -2.37. The highest BCUT2D eigenvalue weighted by Crippen LogP contribution is 2.14. The Morgan fingerprint density at radius 1 is 1.46 bits per heavy atom. The molecule has 0 aromatic carbocycles. The van der Waals surface area contributed by atoms with E-state index in [0.29, 0.717) is 0 Å². The molecule has 0 radical (unpaired) electrons.